The molecule has 23 heavy (non-hydrogen) atoms. The molecule has 1 aromatic heterocycles. The first-order valence-corrected chi connectivity index (χ1v) is 6.83. The predicted octanol–water partition coefficient (Wildman–Crippen LogP) is 3.15. The van der Waals surface area contributed by atoms with Gasteiger partial charge in [0.15, 0.2) is 0 Å². The molecule has 116 valence electrons. The zero-order valence-electron chi connectivity index (χ0n) is 12.0. The highest BCUT2D eigenvalue weighted by atomic mass is 19.1. The van der Waals surface area contributed by atoms with E-state index < -0.39 is 4.92 Å². The van der Waals surface area contributed by atoms with E-state index in [1.807, 2.05) is 0 Å². The summed E-state index contributed by atoms with van der Waals surface area (Å²) in [7, 11) is 0. The third-order valence-corrected chi connectivity index (χ3v) is 3.58. The molecule has 3 aromatic rings. The van der Waals surface area contributed by atoms with Crippen LogP contribution in [0.5, 0.6) is 0 Å². The standard InChI is InChI=1S/C16H13FN4O2/c17-13-4-1-11(2-5-13)16(20-8-7-19-10-20)12-3-6-14(18)15(9-12)21(22)23/h1-10,16H,18H2. The van der Waals surface area contributed by atoms with E-state index in [2.05, 4.69) is 4.98 Å². The minimum Gasteiger partial charge on any atom is -0.393 e. The van der Waals surface area contributed by atoms with Crippen LogP contribution < -0.4 is 5.73 Å². The maximum absolute atomic E-state index is 13.2. The molecule has 0 bridgehead atoms. The smallest absolute Gasteiger partial charge is 0.292 e. The fourth-order valence-electron chi connectivity index (χ4n) is 2.49. The van der Waals surface area contributed by atoms with Gasteiger partial charge in [0.1, 0.15) is 11.5 Å². The molecular formula is C16H13FN4O2. The largest absolute Gasteiger partial charge is 0.393 e. The number of benzene rings is 2. The monoisotopic (exact) mass is 312 g/mol. The number of imidazole rings is 1. The Kier molecular flexibility index (Phi) is 3.76. The molecule has 6 nitrogen and oxygen atoms in total. The number of rotatable bonds is 4. The van der Waals surface area contributed by atoms with Crippen molar-refractivity contribution in [1.29, 1.82) is 0 Å². The molecule has 7 heteroatoms. The lowest BCUT2D eigenvalue weighted by atomic mass is 9.97. The van der Waals surface area contributed by atoms with E-state index in [1.54, 1.807) is 41.5 Å². The molecule has 0 spiro atoms. The van der Waals surface area contributed by atoms with Gasteiger partial charge in [-0.3, -0.25) is 10.1 Å². The summed E-state index contributed by atoms with van der Waals surface area (Å²) in [4.78, 5) is 14.6. The Morgan fingerprint density at radius 3 is 2.48 bits per heavy atom. The summed E-state index contributed by atoms with van der Waals surface area (Å²) < 4.78 is 15.0. The maximum atomic E-state index is 13.2. The van der Waals surface area contributed by atoms with E-state index in [0.29, 0.717) is 5.56 Å². The van der Waals surface area contributed by atoms with Gasteiger partial charge in [-0.25, -0.2) is 9.37 Å². The second-order valence-corrected chi connectivity index (χ2v) is 5.04. The van der Waals surface area contributed by atoms with Crippen LogP contribution in [-0.2, 0) is 0 Å². The van der Waals surface area contributed by atoms with Crippen LogP contribution in [0.4, 0.5) is 15.8 Å². The van der Waals surface area contributed by atoms with Crippen LogP contribution in [-0.4, -0.2) is 14.5 Å². The van der Waals surface area contributed by atoms with Gasteiger partial charge < -0.3 is 10.3 Å². The van der Waals surface area contributed by atoms with E-state index in [4.69, 9.17) is 5.73 Å². The summed E-state index contributed by atoms with van der Waals surface area (Å²) in [5.74, 6) is -0.346. The minimum atomic E-state index is -0.519. The Morgan fingerprint density at radius 1 is 1.17 bits per heavy atom. The summed E-state index contributed by atoms with van der Waals surface area (Å²) >= 11 is 0. The number of hydrogen-bond donors (Lipinski definition) is 1. The number of hydrogen-bond acceptors (Lipinski definition) is 4. The molecule has 0 radical (unpaired) electrons. The number of aromatic nitrogens is 2. The Morgan fingerprint density at radius 2 is 1.87 bits per heavy atom. The second-order valence-electron chi connectivity index (χ2n) is 5.04. The van der Waals surface area contributed by atoms with Gasteiger partial charge in [-0.05, 0) is 29.3 Å². The first-order chi connectivity index (χ1) is 11.1. The summed E-state index contributed by atoms with van der Waals surface area (Å²) in [6.07, 6.45) is 4.97. The molecule has 0 saturated heterocycles. The van der Waals surface area contributed by atoms with Crippen LogP contribution in [0, 0.1) is 15.9 Å². The van der Waals surface area contributed by atoms with Gasteiger partial charge >= 0.3 is 0 Å². The predicted molar refractivity (Wildman–Crippen MR) is 83.4 cm³/mol. The SMILES string of the molecule is Nc1ccc(C(c2ccc(F)cc2)n2ccnc2)cc1[N+](=O)[O-]. The molecule has 0 aliphatic heterocycles. The Balaban J connectivity index is 2.15. The molecule has 2 N–H and O–H groups in total. The van der Waals surface area contributed by atoms with Crippen molar-refractivity contribution in [2.45, 2.75) is 6.04 Å². The number of anilines is 1. The zero-order chi connectivity index (χ0) is 16.4. The zero-order valence-corrected chi connectivity index (χ0v) is 12.0. The number of nitrogen functional groups attached to an aromatic ring is 1. The third kappa shape index (κ3) is 2.89. The lowest BCUT2D eigenvalue weighted by Gasteiger charge is -2.19. The Bertz CT molecular complexity index is 832. The highest BCUT2D eigenvalue weighted by molar-refractivity contribution is 5.60. The first kappa shape index (κ1) is 14.7. The second kappa shape index (κ2) is 5.88. The molecule has 3 rings (SSSR count). The van der Waals surface area contributed by atoms with Crippen molar-refractivity contribution in [3.8, 4) is 0 Å². The number of nitrogens with zero attached hydrogens (tertiary/aromatic N) is 3. The van der Waals surface area contributed by atoms with Crippen molar-refractivity contribution < 1.29 is 9.31 Å². The molecule has 1 unspecified atom stereocenters. The van der Waals surface area contributed by atoms with E-state index in [1.165, 1.54) is 24.3 Å². The molecular weight excluding hydrogens is 299 g/mol. The summed E-state index contributed by atoms with van der Waals surface area (Å²) in [5, 5.41) is 11.1. The molecule has 1 heterocycles. The molecule has 0 saturated carbocycles. The van der Waals surface area contributed by atoms with Crippen molar-refractivity contribution in [1.82, 2.24) is 9.55 Å². The van der Waals surface area contributed by atoms with Crippen LogP contribution in [0.1, 0.15) is 17.2 Å². The van der Waals surface area contributed by atoms with Crippen LogP contribution in [0.3, 0.4) is 0 Å². The van der Waals surface area contributed by atoms with Gasteiger partial charge in [-0.15, -0.1) is 0 Å². The topological polar surface area (TPSA) is 87.0 Å². The summed E-state index contributed by atoms with van der Waals surface area (Å²) in [5.41, 5.74) is 7.04. The maximum Gasteiger partial charge on any atom is 0.292 e. The highest BCUT2D eigenvalue weighted by Gasteiger charge is 2.20. The lowest BCUT2D eigenvalue weighted by Crippen LogP contribution is -2.11. The van der Waals surface area contributed by atoms with Gasteiger partial charge in [0.25, 0.3) is 5.69 Å². The normalized spacial score (nSPS) is 12.0. The number of nitro benzene ring substituents is 1. The van der Waals surface area contributed by atoms with Gasteiger partial charge in [0, 0.05) is 18.5 Å². The van der Waals surface area contributed by atoms with E-state index in [-0.39, 0.29) is 23.2 Å². The summed E-state index contributed by atoms with van der Waals surface area (Å²) in [6, 6.07) is 10.3. The average Bonchev–Trinajstić information content (AvgIpc) is 3.05. The Hall–Kier alpha value is -3.22. The lowest BCUT2D eigenvalue weighted by molar-refractivity contribution is -0.384. The number of nitrogens with two attached hydrogens (primary N) is 1. The fraction of sp³-hybridized carbons (Fsp3) is 0.0625. The molecule has 0 amide bonds. The van der Waals surface area contributed by atoms with Crippen LogP contribution in [0.25, 0.3) is 0 Å². The number of halogens is 1. The van der Waals surface area contributed by atoms with Crippen molar-refractivity contribution >= 4 is 11.4 Å². The van der Waals surface area contributed by atoms with Crippen molar-refractivity contribution in [2.75, 3.05) is 5.73 Å². The molecule has 0 aliphatic rings. The minimum absolute atomic E-state index is 0.0993. The molecule has 0 aliphatic carbocycles. The Labute approximate surface area is 131 Å². The van der Waals surface area contributed by atoms with Crippen molar-refractivity contribution in [2.24, 2.45) is 0 Å². The summed E-state index contributed by atoms with van der Waals surface area (Å²) in [6.45, 7) is 0. The fourth-order valence-corrected chi connectivity index (χ4v) is 2.49. The molecule has 0 fully saturated rings. The first-order valence-electron chi connectivity index (χ1n) is 6.83. The van der Waals surface area contributed by atoms with E-state index in [0.717, 1.165) is 5.56 Å². The van der Waals surface area contributed by atoms with Crippen molar-refractivity contribution in [3.63, 3.8) is 0 Å². The molecule has 2 aromatic carbocycles. The molecule has 1 atom stereocenters. The average molecular weight is 312 g/mol. The van der Waals surface area contributed by atoms with Crippen LogP contribution >= 0.6 is 0 Å². The van der Waals surface area contributed by atoms with E-state index in [9.17, 15) is 14.5 Å². The van der Waals surface area contributed by atoms with Gasteiger partial charge in [-0.1, -0.05) is 18.2 Å². The number of nitro groups is 1. The van der Waals surface area contributed by atoms with E-state index >= 15 is 0 Å². The third-order valence-electron chi connectivity index (χ3n) is 3.58. The quantitative estimate of drug-likeness (QED) is 0.455. The van der Waals surface area contributed by atoms with Gasteiger partial charge in [0.05, 0.1) is 17.3 Å². The van der Waals surface area contributed by atoms with Gasteiger partial charge in [-0.2, -0.15) is 0 Å². The van der Waals surface area contributed by atoms with Crippen LogP contribution in [0.15, 0.2) is 61.2 Å². The highest BCUT2D eigenvalue weighted by Crippen LogP contribution is 2.31. The van der Waals surface area contributed by atoms with Gasteiger partial charge in [0.2, 0.25) is 0 Å². The van der Waals surface area contributed by atoms with Crippen LogP contribution in [0.2, 0.25) is 0 Å². The van der Waals surface area contributed by atoms with Crippen molar-refractivity contribution in [3.05, 3.63) is 88.2 Å².